The summed E-state index contributed by atoms with van der Waals surface area (Å²) < 4.78 is 0. The number of hydrogen-bond donors (Lipinski definition) is 2. The molecular formula is C18H28N2O2. The average molecular weight is 304 g/mol. The summed E-state index contributed by atoms with van der Waals surface area (Å²) in [7, 11) is 0. The van der Waals surface area contributed by atoms with Crippen LogP contribution in [-0.2, 0) is 11.2 Å². The van der Waals surface area contributed by atoms with Crippen molar-refractivity contribution in [2.45, 2.75) is 51.9 Å². The Morgan fingerprint density at radius 1 is 1.32 bits per heavy atom. The Morgan fingerprint density at radius 2 is 2.05 bits per heavy atom. The molecule has 1 heterocycles. The molecule has 1 saturated carbocycles. The molecule has 0 saturated heterocycles. The van der Waals surface area contributed by atoms with Crippen LogP contribution in [0.2, 0.25) is 0 Å². The molecule has 1 aliphatic carbocycles. The van der Waals surface area contributed by atoms with Gasteiger partial charge in [0.25, 0.3) is 0 Å². The third kappa shape index (κ3) is 4.80. The highest BCUT2D eigenvalue weighted by Crippen LogP contribution is 2.34. The molecule has 1 aromatic heterocycles. The number of carbonyl (C=O) groups is 1. The number of aliphatic hydroxyl groups is 1. The minimum Gasteiger partial charge on any atom is -0.396 e. The van der Waals surface area contributed by atoms with E-state index in [1.165, 1.54) is 12.8 Å². The van der Waals surface area contributed by atoms with Crippen LogP contribution in [0.4, 0.5) is 0 Å². The standard InChI is InChI=1S/C18H28N2O2/c1-18(9-5-2-3-6-10-18)17(22)20-13-15(14-21)12-16-8-4-7-11-19-16/h4,7-8,11,15,21H,2-3,5-6,9-10,12-14H2,1H3,(H,20,22). The van der Waals surface area contributed by atoms with Crippen molar-refractivity contribution in [3.8, 4) is 0 Å². The quantitative estimate of drug-likeness (QED) is 0.794. The maximum absolute atomic E-state index is 12.5. The molecule has 1 fully saturated rings. The Labute approximate surface area is 133 Å². The topological polar surface area (TPSA) is 62.2 Å². The molecule has 0 aromatic carbocycles. The van der Waals surface area contributed by atoms with Crippen LogP contribution in [0, 0.1) is 11.3 Å². The minimum atomic E-state index is -0.235. The van der Waals surface area contributed by atoms with Crippen molar-refractivity contribution < 1.29 is 9.90 Å². The Kier molecular flexibility index (Phi) is 6.37. The predicted octanol–water partition coefficient (Wildman–Crippen LogP) is 2.71. The van der Waals surface area contributed by atoms with E-state index in [-0.39, 0.29) is 23.8 Å². The minimum absolute atomic E-state index is 0.0215. The Bertz CT molecular complexity index is 453. The van der Waals surface area contributed by atoms with Gasteiger partial charge in [0.15, 0.2) is 0 Å². The van der Waals surface area contributed by atoms with E-state index in [1.807, 2.05) is 18.2 Å². The highest BCUT2D eigenvalue weighted by Gasteiger charge is 2.33. The molecule has 0 radical (unpaired) electrons. The smallest absolute Gasteiger partial charge is 0.225 e. The summed E-state index contributed by atoms with van der Waals surface area (Å²) in [6, 6.07) is 5.78. The second-order valence-corrected chi connectivity index (χ2v) is 6.76. The maximum Gasteiger partial charge on any atom is 0.225 e. The third-order valence-corrected chi connectivity index (χ3v) is 4.79. The Hall–Kier alpha value is -1.42. The molecule has 0 bridgehead atoms. The second kappa shape index (κ2) is 8.28. The number of aliphatic hydroxyl groups excluding tert-OH is 1. The molecular weight excluding hydrogens is 276 g/mol. The number of aromatic nitrogens is 1. The molecule has 22 heavy (non-hydrogen) atoms. The van der Waals surface area contributed by atoms with E-state index < -0.39 is 0 Å². The number of pyridine rings is 1. The number of carbonyl (C=O) groups excluding carboxylic acids is 1. The highest BCUT2D eigenvalue weighted by molar-refractivity contribution is 5.82. The van der Waals surface area contributed by atoms with E-state index in [4.69, 9.17) is 0 Å². The third-order valence-electron chi connectivity index (χ3n) is 4.79. The van der Waals surface area contributed by atoms with Crippen molar-refractivity contribution in [2.75, 3.05) is 13.2 Å². The van der Waals surface area contributed by atoms with E-state index in [1.54, 1.807) is 6.20 Å². The summed E-state index contributed by atoms with van der Waals surface area (Å²) in [6.45, 7) is 2.66. The van der Waals surface area contributed by atoms with Gasteiger partial charge in [-0.1, -0.05) is 38.7 Å². The van der Waals surface area contributed by atoms with Gasteiger partial charge < -0.3 is 10.4 Å². The Balaban J connectivity index is 1.85. The van der Waals surface area contributed by atoms with Crippen LogP contribution in [-0.4, -0.2) is 29.1 Å². The number of nitrogens with zero attached hydrogens (tertiary/aromatic N) is 1. The normalized spacial score (nSPS) is 19.2. The first kappa shape index (κ1) is 16.9. The van der Waals surface area contributed by atoms with Gasteiger partial charge in [0, 0.05) is 36.4 Å². The van der Waals surface area contributed by atoms with Crippen molar-refractivity contribution in [3.05, 3.63) is 30.1 Å². The lowest BCUT2D eigenvalue weighted by Crippen LogP contribution is -2.41. The number of amides is 1. The van der Waals surface area contributed by atoms with Gasteiger partial charge in [-0.2, -0.15) is 0 Å². The molecule has 1 unspecified atom stereocenters. The summed E-state index contributed by atoms with van der Waals surface area (Å²) in [5.41, 5.74) is 0.720. The first-order valence-electron chi connectivity index (χ1n) is 8.43. The van der Waals surface area contributed by atoms with Crippen LogP contribution < -0.4 is 5.32 Å². The van der Waals surface area contributed by atoms with Crippen LogP contribution in [0.3, 0.4) is 0 Å². The molecule has 2 N–H and O–H groups in total. The lowest BCUT2D eigenvalue weighted by molar-refractivity contribution is -0.131. The van der Waals surface area contributed by atoms with Gasteiger partial charge in [0.2, 0.25) is 5.91 Å². The van der Waals surface area contributed by atoms with Crippen molar-refractivity contribution in [1.29, 1.82) is 0 Å². The van der Waals surface area contributed by atoms with E-state index >= 15 is 0 Å². The highest BCUT2D eigenvalue weighted by atomic mass is 16.3. The largest absolute Gasteiger partial charge is 0.396 e. The van der Waals surface area contributed by atoms with E-state index in [0.29, 0.717) is 13.0 Å². The zero-order valence-corrected chi connectivity index (χ0v) is 13.6. The molecule has 1 atom stereocenters. The summed E-state index contributed by atoms with van der Waals surface area (Å²) in [4.78, 5) is 16.8. The number of nitrogens with one attached hydrogen (secondary N) is 1. The fraction of sp³-hybridized carbons (Fsp3) is 0.667. The van der Waals surface area contributed by atoms with Crippen LogP contribution >= 0.6 is 0 Å². The molecule has 1 amide bonds. The van der Waals surface area contributed by atoms with Gasteiger partial charge in [-0.3, -0.25) is 9.78 Å². The van der Waals surface area contributed by atoms with Crippen LogP contribution in [0.1, 0.15) is 51.1 Å². The molecule has 1 aliphatic rings. The zero-order valence-electron chi connectivity index (χ0n) is 13.6. The average Bonchev–Trinajstić information content (AvgIpc) is 2.77. The van der Waals surface area contributed by atoms with Crippen molar-refractivity contribution in [2.24, 2.45) is 11.3 Å². The van der Waals surface area contributed by atoms with Crippen LogP contribution in [0.5, 0.6) is 0 Å². The predicted molar refractivity (Wildman–Crippen MR) is 87.3 cm³/mol. The van der Waals surface area contributed by atoms with Gasteiger partial charge >= 0.3 is 0 Å². The Morgan fingerprint density at radius 3 is 2.64 bits per heavy atom. The van der Waals surface area contributed by atoms with Gasteiger partial charge in [-0.05, 0) is 31.4 Å². The van der Waals surface area contributed by atoms with E-state index in [9.17, 15) is 9.90 Å². The van der Waals surface area contributed by atoms with Crippen LogP contribution in [0.15, 0.2) is 24.4 Å². The fourth-order valence-electron chi connectivity index (χ4n) is 3.20. The van der Waals surface area contributed by atoms with Gasteiger partial charge in [-0.25, -0.2) is 0 Å². The molecule has 4 nitrogen and oxygen atoms in total. The van der Waals surface area contributed by atoms with E-state index in [0.717, 1.165) is 31.4 Å². The monoisotopic (exact) mass is 304 g/mol. The molecule has 1 aromatic rings. The van der Waals surface area contributed by atoms with Gasteiger partial charge in [-0.15, -0.1) is 0 Å². The van der Waals surface area contributed by atoms with Crippen molar-refractivity contribution >= 4 is 5.91 Å². The summed E-state index contributed by atoms with van der Waals surface area (Å²) in [6.07, 6.45) is 9.15. The number of hydrogen-bond acceptors (Lipinski definition) is 3. The fourth-order valence-corrected chi connectivity index (χ4v) is 3.20. The summed E-state index contributed by atoms with van der Waals surface area (Å²) in [5.74, 6) is 0.169. The molecule has 0 spiro atoms. The van der Waals surface area contributed by atoms with Gasteiger partial charge in [0.1, 0.15) is 0 Å². The molecule has 2 rings (SSSR count). The first-order valence-corrected chi connectivity index (χ1v) is 8.43. The first-order chi connectivity index (χ1) is 10.6. The SMILES string of the molecule is CC1(C(=O)NCC(CO)Cc2ccccn2)CCCCCC1. The molecule has 0 aliphatic heterocycles. The van der Waals surface area contributed by atoms with Crippen LogP contribution in [0.25, 0.3) is 0 Å². The van der Waals surface area contributed by atoms with Crippen molar-refractivity contribution in [1.82, 2.24) is 10.3 Å². The lowest BCUT2D eigenvalue weighted by atomic mass is 9.81. The molecule has 122 valence electrons. The summed E-state index contributed by atoms with van der Waals surface area (Å²) in [5, 5.41) is 12.6. The van der Waals surface area contributed by atoms with E-state index in [2.05, 4.69) is 17.2 Å². The number of rotatable bonds is 6. The summed E-state index contributed by atoms with van der Waals surface area (Å²) >= 11 is 0. The lowest BCUT2D eigenvalue weighted by Gasteiger charge is -2.27. The zero-order chi connectivity index (χ0) is 15.8. The molecule has 4 heteroatoms. The van der Waals surface area contributed by atoms with Gasteiger partial charge in [0.05, 0.1) is 0 Å². The second-order valence-electron chi connectivity index (χ2n) is 6.76. The van der Waals surface area contributed by atoms with Crippen molar-refractivity contribution in [3.63, 3.8) is 0 Å². The maximum atomic E-state index is 12.5.